The Hall–Kier alpha value is -7.59. The molecular weight excluding hydrogens is 1170 g/mol. The number of ketones is 4. The predicted octanol–water partition coefficient (Wildman–Crippen LogP) is 5.35. The molecule has 0 radical (unpaired) electrons. The highest BCUT2D eigenvalue weighted by Gasteiger charge is 2.71. The third-order valence-corrected chi connectivity index (χ3v) is 20.0. The van der Waals surface area contributed by atoms with Crippen LogP contribution in [0.2, 0.25) is 0 Å². The first-order chi connectivity index (χ1) is 42.7. The Kier molecular flexibility index (Phi) is 21.8. The molecule has 2 saturated heterocycles. The van der Waals surface area contributed by atoms with E-state index in [1.807, 2.05) is 120 Å². The normalized spacial score (nSPS) is 23.6. The van der Waals surface area contributed by atoms with Crippen LogP contribution in [0.25, 0.3) is 0 Å². The van der Waals surface area contributed by atoms with Crippen LogP contribution in [0.1, 0.15) is 171 Å². The van der Waals surface area contributed by atoms with Crippen molar-refractivity contribution in [3.05, 3.63) is 66.0 Å². The fraction of sp³-hybridized carbons (Fsp3) is 0.667. The number of aromatic nitrogens is 1. The molecule has 12 atom stereocenters. The maximum absolute atomic E-state index is 14.3. The van der Waals surface area contributed by atoms with E-state index in [1.165, 1.54) is 16.0 Å². The maximum atomic E-state index is 14.3. The molecule has 92 heavy (non-hydrogen) atoms. The van der Waals surface area contributed by atoms with Crippen molar-refractivity contribution in [1.82, 2.24) is 46.7 Å². The van der Waals surface area contributed by atoms with Gasteiger partial charge in [-0.15, -0.1) is 0 Å². The summed E-state index contributed by atoms with van der Waals surface area (Å²) in [5.74, 6) is -5.76. The summed E-state index contributed by atoms with van der Waals surface area (Å²) in [5.41, 5.74) is 9.48. The number of piperidine rings is 2. The number of benzene rings is 1. The van der Waals surface area contributed by atoms with Gasteiger partial charge in [0.25, 0.3) is 11.8 Å². The zero-order valence-corrected chi connectivity index (χ0v) is 56.5. The van der Waals surface area contributed by atoms with Crippen molar-refractivity contribution in [2.24, 2.45) is 80.0 Å². The van der Waals surface area contributed by atoms with E-state index in [4.69, 9.17) is 11.5 Å². The van der Waals surface area contributed by atoms with Gasteiger partial charge in [0.15, 0.2) is 11.6 Å². The first-order valence-electron chi connectivity index (χ1n) is 32.7. The molecule has 23 nitrogen and oxygen atoms in total. The molecule has 10 N–H and O–H groups in total. The average Bonchev–Trinajstić information content (AvgIpc) is 1.53. The number of fused-ring (bicyclic) bond motifs is 2. The van der Waals surface area contributed by atoms with Crippen molar-refractivity contribution in [2.75, 3.05) is 13.1 Å². The molecule has 1 aromatic heterocycles. The Morgan fingerprint density at radius 3 is 1.33 bits per heavy atom. The number of rotatable bonds is 26. The van der Waals surface area contributed by atoms with Crippen LogP contribution in [0.15, 0.2) is 54.7 Å². The minimum atomic E-state index is -1.10. The van der Waals surface area contributed by atoms with Crippen LogP contribution in [-0.2, 0) is 49.6 Å². The summed E-state index contributed by atoms with van der Waals surface area (Å²) in [4.78, 5) is 165. The van der Waals surface area contributed by atoms with E-state index in [1.54, 1.807) is 18.2 Å². The maximum Gasteiger partial charge on any atom is 0.316 e. The Morgan fingerprint density at radius 2 is 0.957 bits per heavy atom. The number of pyridine rings is 1. The second kappa shape index (κ2) is 27.9. The van der Waals surface area contributed by atoms with Crippen molar-refractivity contribution >= 4 is 70.6 Å². The lowest BCUT2D eigenvalue weighted by Crippen LogP contribution is -2.62. The Morgan fingerprint density at radius 1 is 0.554 bits per heavy atom. The summed E-state index contributed by atoms with van der Waals surface area (Å²) in [7, 11) is 0. The SMILES string of the molecule is CC(C)(C)[C@H](NC(=O)N[C@H](C(=O)N1C[C@H]2[C@@H]([C@H]1C(=O)NC(CC1CC1)C(=O)C(N)=O)C2(C)C)C(C)(C)C)C(=O)CCc1ccccc1.CC(C)[C@@H](CC(=O)c1ccccn1)NC(=O)N[C@H](C(=O)N1C[C@H]2[C@@H]([C@H]1C(=O)NC(CC1CC1)C(=O)C(N)=O)C2(C)C)C(C)(C)C. The highest BCUT2D eigenvalue weighted by molar-refractivity contribution is 6.38. The number of carbonyl (C=O) groups is 12. The van der Waals surface area contributed by atoms with Gasteiger partial charge in [-0.05, 0) is 105 Å². The molecule has 6 fully saturated rings. The molecule has 8 rings (SSSR count). The number of carbonyl (C=O) groups excluding carboxylic acids is 12. The van der Waals surface area contributed by atoms with E-state index in [0.29, 0.717) is 38.0 Å². The Labute approximate surface area is 541 Å². The monoisotopic (exact) mass is 1280 g/mol. The molecule has 0 spiro atoms. The fourth-order valence-electron chi connectivity index (χ4n) is 13.7. The summed E-state index contributed by atoms with van der Waals surface area (Å²) in [6.45, 7) is 29.2. The molecule has 504 valence electrons. The number of aryl methyl sites for hydroxylation is 1. The van der Waals surface area contributed by atoms with Gasteiger partial charge >= 0.3 is 12.1 Å². The van der Waals surface area contributed by atoms with Crippen LogP contribution in [0.5, 0.6) is 0 Å². The lowest BCUT2D eigenvalue weighted by Gasteiger charge is -2.38. The quantitative estimate of drug-likeness (QED) is 0.0435. The second-order valence-corrected chi connectivity index (χ2v) is 31.5. The number of nitrogens with two attached hydrogens (primary N) is 2. The molecule has 2 unspecified atom stereocenters. The molecule has 6 aliphatic rings. The number of hydrogen-bond donors (Lipinski definition) is 8. The van der Waals surface area contributed by atoms with E-state index in [0.717, 1.165) is 31.2 Å². The summed E-state index contributed by atoms with van der Waals surface area (Å²) in [6.07, 6.45) is 6.69. The highest BCUT2D eigenvalue weighted by Crippen LogP contribution is 2.66. The van der Waals surface area contributed by atoms with E-state index in [-0.39, 0.29) is 76.7 Å². The van der Waals surface area contributed by atoms with E-state index in [9.17, 15) is 57.5 Å². The minimum absolute atomic E-state index is 0.0368. The van der Waals surface area contributed by atoms with Crippen LogP contribution in [0.3, 0.4) is 0 Å². The number of urea groups is 2. The largest absolute Gasteiger partial charge is 0.363 e. The second-order valence-electron chi connectivity index (χ2n) is 31.5. The van der Waals surface area contributed by atoms with Gasteiger partial charge in [0, 0.05) is 38.2 Å². The molecule has 3 heterocycles. The number of Topliss-reactive ketones (excluding diaryl/α,β-unsaturated/α-hetero) is 4. The Balaban J connectivity index is 0.000000261. The number of likely N-dealkylation sites (tertiary alicyclic amines) is 2. The first-order valence-corrected chi connectivity index (χ1v) is 32.7. The lowest BCUT2D eigenvalue weighted by atomic mass is 9.82. The zero-order valence-electron chi connectivity index (χ0n) is 56.5. The highest BCUT2D eigenvalue weighted by atomic mass is 16.2. The van der Waals surface area contributed by atoms with Crippen molar-refractivity contribution in [3.8, 4) is 0 Å². The number of primary amides is 2. The standard InChI is InChI=1S/C36H53N5O6.C33H48N6O6/c1-34(2,3)28(24(42)17-16-20-12-10-9-11-13-20)39-33(47)40-29(35(4,5)6)32(46)41-19-22-25(36(22,7)8)26(41)31(45)38-23(18-21-14-15-21)27(43)30(37)44;1-17(2)21(15-23(40)20-10-8-9-13-35-20)37-31(45)38-27(32(3,4)5)30(44)39-16-19-24(33(19,6)7)25(39)29(43)36-22(14-18-11-12-18)26(41)28(34)42/h9-13,21-23,25-26,28-29H,14-19H2,1-8H3,(H2,37,44)(H,38,45)(H2,39,40,47);8-10,13,17-19,21-22,24-25,27H,11-12,14-16H2,1-7H3,(H2,34,42)(H,36,43)(H2,37,38,45)/t22-,23?,25-,26-,28+,29+;19-,21+,22?,24-,25-,27+/m00/s1. The molecule has 10 amide bonds. The topological polar surface area (TPSA) is 348 Å². The van der Waals surface area contributed by atoms with Crippen LogP contribution in [0, 0.1) is 68.5 Å². The van der Waals surface area contributed by atoms with Crippen molar-refractivity contribution in [1.29, 1.82) is 0 Å². The van der Waals surface area contributed by atoms with Crippen molar-refractivity contribution in [3.63, 3.8) is 0 Å². The van der Waals surface area contributed by atoms with Gasteiger partial charge in [-0.3, -0.25) is 52.9 Å². The smallest absolute Gasteiger partial charge is 0.316 e. The van der Waals surface area contributed by atoms with Crippen LogP contribution < -0.4 is 43.4 Å². The van der Waals surface area contributed by atoms with Gasteiger partial charge in [0.05, 0.1) is 18.1 Å². The molecule has 2 aliphatic heterocycles. The number of hydrogen-bond acceptors (Lipinski definition) is 13. The number of amides is 10. The van der Waals surface area contributed by atoms with Gasteiger partial charge in [0.2, 0.25) is 35.2 Å². The summed E-state index contributed by atoms with van der Waals surface area (Å²) in [6, 6.07) is 6.35. The first kappa shape index (κ1) is 71.8. The van der Waals surface area contributed by atoms with Crippen LogP contribution in [0.4, 0.5) is 9.59 Å². The van der Waals surface area contributed by atoms with Crippen molar-refractivity contribution in [2.45, 2.75) is 210 Å². The predicted molar refractivity (Wildman–Crippen MR) is 344 cm³/mol. The summed E-state index contributed by atoms with van der Waals surface area (Å²) >= 11 is 0. The zero-order chi connectivity index (χ0) is 68.5. The van der Waals surface area contributed by atoms with E-state index in [2.05, 4.69) is 50.7 Å². The van der Waals surface area contributed by atoms with Gasteiger partial charge in [-0.25, -0.2) is 9.59 Å². The third kappa shape index (κ3) is 17.4. The minimum Gasteiger partial charge on any atom is -0.363 e. The number of nitrogens with zero attached hydrogens (tertiary/aromatic N) is 3. The van der Waals surface area contributed by atoms with E-state index >= 15 is 0 Å². The number of nitrogens with one attached hydrogen (secondary N) is 6. The molecule has 2 aromatic rings. The van der Waals surface area contributed by atoms with Crippen LogP contribution >= 0.6 is 0 Å². The van der Waals surface area contributed by atoms with Gasteiger partial charge in [-0.1, -0.05) is 166 Å². The lowest BCUT2D eigenvalue weighted by molar-refractivity contribution is -0.145. The Bertz CT molecular complexity index is 3140. The summed E-state index contributed by atoms with van der Waals surface area (Å²) in [5, 5.41) is 16.9. The average molecular weight is 1280 g/mol. The van der Waals surface area contributed by atoms with E-state index < -0.39 is 124 Å². The molecule has 4 saturated carbocycles. The molecule has 4 aliphatic carbocycles. The van der Waals surface area contributed by atoms with Crippen LogP contribution in [-0.4, -0.2) is 147 Å². The molecule has 23 heteroatoms. The summed E-state index contributed by atoms with van der Waals surface area (Å²) < 4.78 is 0. The third-order valence-electron chi connectivity index (χ3n) is 20.0. The molecular formula is C69H101N11O12. The van der Waals surface area contributed by atoms with Gasteiger partial charge in [0.1, 0.15) is 29.9 Å². The molecule has 1 aromatic carbocycles. The fourth-order valence-corrected chi connectivity index (χ4v) is 13.7. The molecule has 0 bridgehead atoms. The van der Waals surface area contributed by atoms with Gasteiger partial charge < -0.3 is 53.2 Å². The van der Waals surface area contributed by atoms with Crippen molar-refractivity contribution < 1.29 is 57.5 Å². The van der Waals surface area contributed by atoms with Gasteiger partial charge in [-0.2, -0.15) is 0 Å².